The highest BCUT2D eigenvalue weighted by molar-refractivity contribution is 7.09. The van der Waals surface area contributed by atoms with Crippen LogP contribution in [0, 0.1) is 0 Å². The summed E-state index contributed by atoms with van der Waals surface area (Å²) >= 11 is 1.73. The minimum Gasteiger partial charge on any atom is -0.360 e. The molecule has 0 amide bonds. The summed E-state index contributed by atoms with van der Waals surface area (Å²) in [6.07, 6.45) is 5.07. The van der Waals surface area contributed by atoms with Crippen molar-refractivity contribution in [1.29, 1.82) is 0 Å². The Morgan fingerprint density at radius 3 is 2.94 bits per heavy atom. The summed E-state index contributed by atoms with van der Waals surface area (Å²) in [7, 11) is 0. The standard InChI is InChI=1S/C13H19N3S/c1-13(2,14)7-3-6-12-16-11(9-17-12)10-5-4-8-15-10/h4-5,8-9,15H,3,6-7,14H2,1-2H3. The molecule has 0 atom stereocenters. The maximum absolute atomic E-state index is 5.96. The van der Waals surface area contributed by atoms with Gasteiger partial charge in [-0.25, -0.2) is 4.98 Å². The molecule has 2 aromatic rings. The number of aromatic amines is 1. The van der Waals surface area contributed by atoms with Crippen LogP contribution in [0.25, 0.3) is 11.4 Å². The average Bonchev–Trinajstić information content (AvgIpc) is 2.83. The van der Waals surface area contributed by atoms with Crippen LogP contribution in [-0.2, 0) is 6.42 Å². The molecule has 0 aliphatic carbocycles. The summed E-state index contributed by atoms with van der Waals surface area (Å²) in [5.74, 6) is 0. The van der Waals surface area contributed by atoms with Gasteiger partial charge in [-0.1, -0.05) is 0 Å². The Balaban J connectivity index is 1.91. The lowest BCUT2D eigenvalue weighted by atomic mass is 9.99. The molecular weight excluding hydrogens is 230 g/mol. The van der Waals surface area contributed by atoms with Gasteiger partial charge in [0.15, 0.2) is 0 Å². The van der Waals surface area contributed by atoms with E-state index in [9.17, 15) is 0 Å². The van der Waals surface area contributed by atoms with E-state index < -0.39 is 0 Å². The van der Waals surface area contributed by atoms with E-state index in [2.05, 4.69) is 29.2 Å². The van der Waals surface area contributed by atoms with Crippen LogP contribution < -0.4 is 5.73 Å². The van der Waals surface area contributed by atoms with Crippen molar-refractivity contribution in [1.82, 2.24) is 9.97 Å². The van der Waals surface area contributed by atoms with Crippen molar-refractivity contribution in [2.45, 2.75) is 38.6 Å². The van der Waals surface area contributed by atoms with Crippen molar-refractivity contribution in [3.05, 3.63) is 28.7 Å². The van der Waals surface area contributed by atoms with Crippen LogP contribution in [0.4, 0.5) is 0 Å². The van der Waals surface area contributed by atoms with E-state index >= 15 is 0 Å². The Hall–Kier alpha value is -1.13. The van der Waals surface area contributed by atoms with Gasteiger partial charge in [0, 0.05) is 17.1 Å². The zero-order valence-electron chi connectivity index (χ0n) is 10.4. The molecule has 17 heavy (non-hydrogen) atoms. The van der Waals surface area contributed by atoms with Crippen molar-refractivity contribution >= 4 is 11.3 Å². The van der Waals surface area contributed by atoms with Crippen LogP contribution in [0.3, 0.4) is 0 Å². The molecule has 0 aliphatic heterocycles. The summed E-state index contributed by atoms with van der Waals surface area (Å²) in [6, 6.07) is 4.03. The number of nitrogens with two attached hydrogens (primary N) is 1. The highest BCUT2D eigenvalue weighted by atomic mass is 32.1. The van der Waals surface area contributed by atoms with Crippen molar-refractivity contribution in [2.75, 3.05) is 0 Å². The number of aromatic nitrogens is 2. The molecule has 3 nitrogen and oxygen atoms in total. The number of H-pyrrole nitrogens is 1. The molecule has 92 valence electrons. The Morgan fingerprint density at radius 2 is 2.29 bits per heavy atom. The normalized spacial score (nSPS) is 11.9. The lowest BCUT2D eigenvalue weighted by Gasteiger charge is -2.17. The second-order valence-corrected chi connectivity index (χ2v) is 6.00. The predicted molar refractivity (Wildman–Crippen MR) is 73.1 cm³/mol. The Labute approximate surface area is 106 Å². The highest BCUT2D eigenvalue weighted by Crippen LogP contribution is 2.21. The molecule has 0 fully saturated rings. The largest absolute Gasteiger partial charge is 0.360 e. The minimum atomic E-state index is -0.0699. The van der Waals surface area contributed by atoms with Crippen molar-refractivity contribution in [3.63, 3.8) is 0 Å². The Morgan fingerprint density at radius 1 is 1.47 bits per heavy atom. The van der Waals surface area contributed by atoms with Crippen LogP contribution in [0.15, 0.2) is 23.7 Å². The first kappa shape index (κ1) is 12.3. The quantitative estimate of drug-likeness (QED) is 0.855. The third-order valence-corrected chi connectivity index (χ3v) is 3.55. The van der Waals surface area contributed by atoms with Gasteiger partial charge in [-0.05, 0) is 45.2 Å². The number of nitrogens with one attached hydrogen (secondary N) is 1. The Kier molecular flexibility index (Phi) is 3.64. The summed E-state index contributed by atoms with van der Waals surface area (Å²) in [5.41, 5.74) is 8.02. The highest BCUT2D eigenvalue weighted by Gasteiger charge is 2.11. The van der Waals surface area contributed by atoms with Gasteiger partial charge < -0.3 is 10.7 Å². The smallest absolute Gasteiger partial charge is 0.0976 e. The SMILES string of the molecule is CC(C)(N)CCCc1nc(-c2ccc[nH]2)cs1. The first-order valence-corrected chi connectivity index (χ1v) is 6.80. The lowest BCUT2D eigenvalue weighted by molar-refractivity contribution is 0.459. The van der Waals surface area contributed by atoms with E-state index in [1.54, 1.807) is 11.3 Å². The van der Waals surface area contributed by atoms with Gasteiger partial charge in [0.05, 0.1) is 16.4 Å². The fraction of sp³-hybridized carbons (Fsp3) is 0.462. The van der Waals surface area contributed by atoms with Crippen molar-refractivity contribution in [2.24, 2.45) is 5.73 Å². The number of hydrogen-bond donors (Lipinski definition) is 2. The molecule has 0 saturated heterocycles. The first-order chi connectivity index (χ1) is 8.04. The summed E-state index contributed by atoms with van der Waals surface area (Å²) in [4.78, 5) is 7.79. The summed E-state index contributed by atoms with van der Waals surface area (Å²) in [6.45, 7) is 4.14. The average molecular weight is 249 g/mol. The third-order valence-electron chi connectivity index (χ3n) is 2.64. The van der Waals surface area contributed by atoms with Gasteiger partial charge in [0.2, 0.25) is 0 Å². The molecule has 0 aliphatic rings. The zero-order chi connectivity index (χ0) is 12.3. The molecule has 0 spiro atoms. The second kappa shape index (κ2) is 5.02. The number of hydrogen-bond acceptors (Lipinski definition) is 3. The fourth-order valence-corrected chi connectivity index (χ4v) is 2.57. The molecule has 4 heteroatoms. The van der Waals surface area contributed by atoms with Gasteiger partial charge in [0.1, 0.15) is 0 Å². The van der Waals surface area contributed by atoms with Crippen LogP contribution in [0.2, 0.25) is 0 Å². The monoisotopic (exact) mass is 249 g/mol. The van der Waals surface area contributed by atoms with E-state index in [0.717, 1.165) is 30.7 Å². The maximum atomic E-state index is 5.96. The maximum Gasteiger partial charge on any atom is 0.0976 e. The molecule has 2 heterocycles. The molecule has 3 N–H and O–H groups in total. The van der Waals surface area contributed by atoms with Crippen molar-refractivity contribution < 1.29 is 0 Å². The van der Waals surface area contributed by atoms with Gasteiger partial charge in [-0.15, -0.1) is 11.3 Å². The zero-order valence-corrected chi connectivity index (χ0v) is 11.2. The second-order valence-electron chi connectivity index (χ2n) is 5.05. The molecule has 0 aromatic carbocycles. The van der Waals surface area contributed by atoms with Crippen LogP contribution in [0.5, 0.6) is 0 Å². The number of rotatable bonds is 5. The van der Waals surface area contributed by atoms with Crippen LogP contribution in [0.1, 0.15) is 31.7 Å². The number of thiazole rings is 1. The molecule has 0 bridgehead atoms. The van der Waals surface area contributed by atoms with Crippen molar-refractivity contribution in [3.8, 4) is 11.4 Å². The van der Waals surface area contributed by atoms with E-state index in [-0.39, 0.29) is 5.54 Å². The first-order valence-electron chi connectivity index (χ1n) is 5.92. The number of nitrogens with zero attached hydrogens (tertiary/aromatic N) is 1. The number of aryl methyl sites for hydroxylation is 1. The molecule has 0 saturated carbocycles. The van der Waals surface area contributed by atoms with E-state index in [4.69, 9.17) is 5.73 Å². The molecule has 2 rings (SSSR count). The predicted octanol–water partition coefficient (Wildman–Crippen LogP) is 3.20. The summed E-state index contributed by atoms with van der Waals surface area (Å²) < 4.78 is 0. The lowest BCUT2D eigenvalue weighted by Crippen LogP contribution is -2.31. The van der Waals surface area contributed by atoms with Gasteiger partial charge >= 0.3 is 0 Å². The van der Waals surface area contributed by atoms with Crippen LogP contribution >= 0.6 is 11.3 Å². The van der Waals surface area contributed by atoms with E-state index in [1.807, 2.05) is 18.3 Å². The molecular formula is C13H19N3S. The van der Waals surface area contributed by atoms with Gasteiger partial charge in [0.25, 0.3) is 0 Å². The molecule has 0 radical (unpaired) electrons. The topological polar surface area (TPSA) is 54.7 Å². The van der Waals surface area contributed by atoms with Crippen LogP contribution in [-0.4, -0.2) is 15.5 Å². The van der Waals surface area contributed by atoms with Gasteiger partial charge in [-0.3, -0.25) is 0 Å². The molecule has 0 unspecified atom stereocenters. The van der Waals surface area contributed by atoms with E-state index in [1.165, 1.54) is 5.01 Å². The minimum absolute atomic E-state index is 0.0699. The van der Waals surface area contributed by atoms with Gasteiger partial charge in [-0.2, -0.15) is 0 Å². The Bertz CT molecular complexity index is 451. The fourth-order valence-electron chi connectivity index (χ4n) is 1.73. The molecule has 2 aromatic heterocycles. The summed E-state index contributed by atoms with van der Waals surface area (Å²) in [5, 5.41) is 3.30. The van der Waals surface area contributed by atoms with E-state index in [0.29, 0.717) is 0 Å². The third kappa shape index (κ3) is 3.68.